The molecule has 3 rings (SSSR count). The van der Waals surface area contributed by atoms with E-state index in [1.54, 1.807) is 43.0 Å². The number of hydrogen-bond donors (Lipinski definition) is 2. The van der Waals surface area contributed by atoms with Crippen molar-refractivity contribution in [3.63, 3.8) is 0 Å². The molecule has 0 aliphatic heterocycles. The fraction of sp³-hybridized carbons (Fsp3) is 0.200. The predicted molar refractivity (Wildman–Crippen MR) is 115 cm³/mol. The summed E-state index contributed by atoms with van der Waals surface area (Å²) in [4.78, 5) is 26.0. The van der Waals surface area contributed by atoms with E-state index in [0.29, 0.717) is 21.2 Å². The third kappa shape index (κ3) is 3.83. The molecular weight excluding hydrogens is 400 g/mol. The first-order valence-corrected chi connectivity index (χ1v) is 10.8. The molecule has 0 saturated carbocycles. The highest BCUT2D eigenvalue weighted by molar-refractivity contribution is 7.97. The van der Waals surface area contributed by atoms with Crippen molar-refractivity contribution in [2.75, 3.05) is 6.26 Å². The van der Waals surface area contributed by atoms with Gasteiger partial charge in [-0.05, 0) is 47.9 Å². The van der Waals surface area contributed by atoms with E-state index in [4.69, 9.17) is 17.3 Å². The third-order valence-electron chi connectivity index (χ3n) is 4.45. The van der Waals surface area contributed by atoms with Crippen LogP contribution in [0.4, 0.5) is 0 Å². The lowest BCUT2D eigenvalue weighted by molar-refractivity contribution is -0.123. The molecule has 1 atom stereocenters. The summed E-state index contributed by atoms with van der Waals surface area (Å²) in [5, 5.41) is 4.37. The van der Waals surface area contributed by atoms with Gasteiger partial charge in [-0.25, -0.2) is 0 Å². The van der Waals surface area contributed by atoms with E-state index in [1.807, 2.05) is 30.5 Å². The van der Waals surface area contributed by atoms with Crippen LogP contribution < -0.4 is 11.1 Å². The molecule has 140 valence electrons. The van der Waals surface area contributed by atoms with Gasteiger partial charge < -0.3 is 11.1 Å². The quantitative estimate of drug-likeness (QED) is 0.616. The average Bonchev–Trinajstić information content (AvgIpc) is 3.01. The molecule has 7 heteroatoms. The molecule has 4 nitrogen and oxygen atoms in total. The molecule has 3 aromatic rings. The number of amides is 2. The Morgan fingerprint density at radius 1 is 1.22 bits per heavy atom. The van der Waals surface area contributed by atoms with Gasteiger partial charge in [0.15, 0.2) is 0 Å². The van der Waals surface area contributed by atoms with Gasteiger partial charge in [-0.15, -0.1) is 11.3 Å². The maximum Gasteiger partial charge on any atom is 0.262 e. The van der Waals surface area contributed by atoms with E-state index in [2.05, 4.69) is 5.32 Å². The highest BCUT2D eigenvalue weighted by Crippen LogP contribution is 2.34. The van der Waals surface area contributed by atoms with Crippen LogP contribution in [0.2, 0.25) is 5.02 Å². The molecule has 0 saturated heterocycles. The minimum atomic E-state index is -1.37. The fourth-order valence-electron chi connectivity index (χ4n) is 2.93. The van der Waals surface area contributed by atoms with Gasteiger partial charge >= 0.3 is 0 Å². The Hall–Kier alpha value is -2.02. The Balaban J connectivity index is 2.03. The summed E-state index contributed by atoms with van der Waals surface area (Å²) < 4.78 is 1.04. The Morgan fingerprint density at radius 2 is 1.96 bits per heavy atom. The molecule has 0 aliphatic rings. The van der Waals surface area contributed by atoms with E-state index in [1.165, 1.54) is 11.3 Å². The molecule has 0 bridgehead atoms. The van der Waals surface area contributed by atoms with Gasteiger partial charge in [0.2, 0.25) is 5.91 Å². The van der Waals surface area contributed by atoms with Gasteiger partial charge in [0.1, 0.15) is 5.54 Å². The molecule has 1 heterocycles. The van der Waals surface area contributed by atoms with E-state index < -0.39 is 11.4 Å². The molecule has 2 amide bonds. The monoisotopic (exact) mass is 418 g/mol. The van der Waals surface area contributed by atoms with Gasteiger partial charge in [-0.2, -0.15) is 11.8 Å². The number of primary amides is 1. The average molecular weight is 419 g/mol. The maximum atomic E-state index is 13.1. The molecule has 0 aliphatic carbocycles. The van der Waals surface area contributed by atoms with Crippen molar-refractivity contribution in [3.8, 4) is 0 Å². The lowest BCUT2D eigenvalue weighted by atomic mass is 9.91. The minimum absolute atomic E-state index is 0.318. The van der Waals surface area contributed by atoms with Crippen molar-refractivity contribution in [1.29, 1.82) is 0 Å². The van der Waals surface area contributed by atoms with Crippen LogP contribution in [0.1, 0.15) is 27.7 Å². The summed E-state index contributed by atoms with van der Waals surface area (Å²) in [6.45, 7) is 1.60. The van der Waals surface area contributed by atoms with Crippen LogP contribution in [-0.4, -0.2) is 18.1 Å². The van der Waals surface area contributed by atoms with Crippen molar-refractivity contribution in [2.45, 2.75) is 18.2 Å². The molecule has 27 heavy (non-hydrogen) atoms. The summed E-state index contributed by atoms with van der Waals surface area (Å²) in [6.07, 6.45) is 1.99. The number of thiophene rings is 1. The lowest BCUT2D eigenvalue weighted by Gasteiger charge is -2.28. The van der Waals surface area contributed by atoms with Crippen LogP contribution in [0.25, 0.3) is 10.1 Å². The number of nitrogens with one attached hydrogen (secondary N) is 1. The number of halogens is 1. The molecular formula is C20H19ClN2O2S2. The van der Waals surface area contributed by atoms with Gasteiger partial charge in [-0.3, -0.25) is 9.59 Å². The number of thioether (sulfide) groups is 1. The normalized spacial score (nSPS) is 13.3. The zero-order chi connectivity index (χ0) is 19.6. The second-order valence-electron chi connectivity index (χ2n) is 6.29. The van der Waals surface area contributed by atoms with Gasteiger partial charge in [0.05, 0.1) is 4.88 Å². The number of carbonyl (C=O) groups excluding carboxylic acids is 2. The summed E-state index contributed by atoms with van der Waals surface area (Å²) in [6, 6.07) is 14.7. The van der Waals surface area contributed by atoms with E-state index >= 15 is 0 Å². The van der Waals surface area contributed by atoms with Crippen LogP contribution in [0.3, 0.4) is 0 Å². The van der Waals surface area contributed by atoms with E-state index in [0.717, 1.165) is 15.6 Å². The maximum absolute atomic E-state index is 13.1. The zero-order valence-electron chi connectivity index (χ0n) is 14.9. The topological polar surface area (TPSA) is 72.2 Å². The summed E-state index contributed by atoms with van der Waals surface area (Å²) >= 11 is 9.13. The number of fused-ring (bicyclic) bond motifs is 1. The van der Waals surface area contributed by atoms with Gasteiger partial charge in [0.25, 0.3) is 5.91 Å². The Morgan fingerprint density at radius 3 is 2.63 bits per heavy atom. The highest BCUT2D eigenvalue weighted by atomic mass is 35.5. The number of hydrogen-bond acceptors (Lipinski definition) is 4. The highest BCUT2D eigenvalue weighted by Gasteiger charge is 2.36. The van der Waals surface area contributed by atoms with Gasteiger partial charge in [-0.1, -0.05) is 41.9 Å². The molecule has 0 radical (unpaired) electrons. The van der Waals surface area contributed by atoms with Crippen LogP contribution in [0, 0.1) is 0 Å². The number of carbonyl (C=O) groups is 2. The SMILES string of the molecule is CSCc1c(C(=O)NC(C)(C(N)=O)c2cccc(Cl)c2)sc2ccccc12. The minimum Gasteiger partial charge on any atom is -0.367 e. The summed E-state index contributed by atoms with van der Waals surface area (Å²) in [5.41, 5.74) is 5.80. The van der Waals surface area contributed by atoms with E-state index in [-0.39, 0.29) is 5.91 Å². The standard InChI is InChI=1S/C20H19ClN2O2S2/c1-20(19(22)25,12-6-5-7-13(21)10-12)23-18(24)17-15(11-26-2)14-8-3-4-9-16(14)27-17/h3-10H,11H2,1-2H3,(H2,22,25)(H,23,24). The van der Waals surface area contributed by atoms with E-state index in [9.17, 15) is 9.59 Å². The zero-order valence-corrected chi connectivity index (χ0v) is 17.3. The van der Waals surface area contributed by atoms with Crippen molar-refractivity contribution >= 4 is 56.6 Å². The van der Waals surface area contributed by atoms with Crippen molar-refractivity contribution < 1.29 is 9.59 Å². The van der Waals surface area contributed by atoms with Crippen molar-refractivity contribution in [2.24, 2.45) is 5.73 Å². The molecule has 0 spiro atoms. The largest absolute Gasteiger partial charge is 0.367 e. The number of benzene rings is 2. The predicted octanol–water partition coefficient (Wildman–Crippen LogP) is 4.55. The molecule has 0 fully saturated rings. The first kappa shape index (κ1) is 19.7. The first-order valence-electron chi connectivity index (χ1n) is 8.24. The molecule has 2 aromatic carbocycles. The van der Waals surface area contributed by atoms with Gasteiger partial charge in [0, 0.05) is 15.5 Å². The molecule has 3 N–H and O–H groups in total. The second kappa shape index (κ2) is 7.92. The lowest BCUT2D eigenvalue weighted by Crippen LogP contribution is -2.52. The Bertz CT molecular complexity index is 1020. The third-order valence-corrected chi connectivity index (χ3v) is 6.48. The summed E-state index contributed by atoms with van der Waals surface area (Å²) in [5.74, 6) is -0.260. The summed E-state index contributed by atoms with van der Waals surface area (Å²) in [7, 11) is 0. The van der Waals surface area contributed by atoms with Crippen molar-refractivity contribution in [1.82, 2.24) is 5.32 Å². The molecule has 1 unspecified atom stereocenters. The number of nitrogens with two attached hydrogens (primary N) is 1. The Kier molecular flexibility index (Phi) is 5.79. The van der Waals surface area contributed by atoms with Crippen LogP contribution >= 0.6 is 34.7 Å². The molecule has 1 aromatic heterocycles. The van der Waals surface area contributed by atoms with Crippen LogP contribution in [0.15, 0.2) is 48.5 Å². The number of rotatable bonds is 6. The first-order chi connectivity index (χ1) is 12.9. The second-order valence-corrected chi connectivity index (χ2v) is 8.65. The van der Waals surface area contributed by atoms with Crippen LogP contribution in [-0.2, 0) is 16.1 Å². The Labute approximate surface area is 171 Å². The fourth-order valence-corrected chi connectivity index (χ4v) is 4.92. The smallest absolute Gasteiger partial charge is 0.262 e. The van der Waals surface area contributed by atoms with Crippen molar-refractivity contribution in [3.05, 3.63) is 69.6 Å². The van der Waals surface area contributed by atoms with Crippen LogP contribution in [0.5, 0.6) is 0 Å².